The van der Waals surface area contributed by atoms with Crippen molar-refractivity contribution in [3.8, 4) is 11.5 Å². The van der Waals surface area contributed by atoms with Crippen LogP contribution in [0.15, 0.2) is 48.5 Å². The normalized spacial score (nSPS) is 23.4. The highest BCUT2D eigenvalue weighted by molar-refractivity contribution is 5.79. The molecule has 3 aliphatic rings. The van der Waals surface area contributed by atoms with Gasteiger partial charge in [0.15, 0.2) is 11.5 Å². The molecule has 34 heavy (non-hydrogen) atoms. The van der Waals surface area contributed by atoms with Crippen LogP contribution in [0.5, 0.6) is 11.5 Å². The molecule has 2 fully saturated rings. The molecule has 0 saturated carbocycles. The van der Waals surface area contributed by atoms with Crippen LogP contribution >= 0.6 is 0 Å². The lowest BCUT2D eigenvalue weighted by atomic mass is 10.0. The predicted molar refractivity (Wildman–Crippen MR) is 133 cm³/mol. The van der Waals surface area contributed by atoms with E-state index >= 15 is 0 Å². The second kappa shape index (κ2) is 10.4. The first-order valence-corrected chi connectivity index (χ1v) is 12.9. The smallest absolute Gasteiger partial charge is 0.237 e. The molecule has 3 aliphatic heterocycles. The van der Waals surface area contributed by atoms with Crippen LogP contribution in [0.2, 0.25) is 0 Å². The predicted octanol–water partition coefficient (Wildman–Crippen LogP) is 4.28. The summed E-state index contributed by atoms with van der Waals surface area (Å²) in [6, 6.07) is 17.8. The molecule has 3 unspecified atom stereocenters. The number of nitrogens with zero attached hydrogens (tertiary/aromatic N) is 3. The van der Waals surface area contributed by atoms with Crippen LogP contribution in [-0.2, 0) is 4.79 Å². The standard InChI is InChI=1S/C28H37N3O3/c1-3-29(24-13-15-30(19-24)21(2)22-8-5-4-6-9-22)20-28(32)31-14-7-10-25(31)23-11-12-26-27(18-23)34-17-16-33-26/h4-6,8-9,11-12,18,21,24-25H,3,7,10,13-17,19-20H2,1-2H3. The van der Waals surface area contributed by atoms with E-state index in [1.54, 1.807) is 0 Å². The van der Waals surface area contributed by atoms with Gasteiger partial charge in [-0.3, -0.25) is 14.6 Å². The van der Waals surface area contributed by atoms with Gasteiger partial charge in [0.25, 0.3) is 0 Å². The summed E-state index contributed by atoms with van der Waals surface area (Å²) in [5.74, 6) is 1.85. The Morgan fingerprint density at radius 1 is 1.06 bits per heavy atom. The molecule has 2 saturated heterocycles. The quantitative estimate of drug-likeness (QED) is 0.613. The van der Waals surface area contributed by atoms with E-state index in [1.165, 1.54) is 5.56 Å². The average molecular weight is 464 g/mol. The molecule has 0 radical (unpaired) electrons. The monoisotopic (exact) mass is 463 g/mol. The first-order chi connectivity index (χ1) is 16.6. The average Bonchev–Trinajstić information content (AvgIpc) is 3.57. The second-order valence-electron chi connectivity index (χ2n) is 9.74. The summed E-state index contributed by atoms with van der Waals surface area (Å²) in [7, 11) is 0. The Kier molecular flexibility index (Phi) is 7.07. The lowest BCUT2D eigenvalue weighted by Gasteiger charge is -2.32. The van der Waals surface area contributed by atoms with E-state index < -0.39 is 0 Å². The van der Waals surface area contributed by atoms with Crippen LogP contribution in [0.1, 0.15) is 56.3 Å². The highest BCUT2D eigenvalue weighted by Gasteiger charge is 2.35. The van der Waals surface area contributed by atoms with E-state index in [2.05, 4.69) is 71.0 Å². The van der Waals surface area contributed by atoms with Crippen LogP contribution < -0.4 is 9.47 Å². The Hall–Kier alpha value is -2.57. The largest absolute Gasteiger partial charge is 0.486 e. The number of rotatable bonds is 7. The van der Waals surface area contributed by atoms with Crippen molar-refractivity contribution in [3.63, 3.8) is 0 Å². The van der Waals surface area contributed by atoms with Crippen molar-refractivity contribution in [1.82, 2.24) is 14.7 Å². The molecule has 6 nitrogen and oxygen atoms in total. The number of amides is 1. The maximum atomic E-state index is 13.5. The van der Waals surface area contributed by atoms with Gasteiger partial charge in [0.1, 0.15) is 13.2 Å². The molecule has 3 atom stereocenters. The third-order valence-corrected chi connectivity index (χ3v) is 7.81. The number of benzene rings is 2. The van der Waals surface area contributed by atoms with E-state index in [-0.39, 0.29) is 11.9 Å². The van der Waals surface area contributed by atoms with Crippen LogP contribution in [0.3, 0.4) is 0 Å². The van der Waals surface area contributed by atoms with Crippen LogP contribution in [0.4, 0.5) is 0 Å². The molecule has 0 spiro atoms. The Morgan fingerprint density at radius 3 is 2.65 bits per heavy atom. The van der Waals surface area contributed by atoms with Gasteiger partial charge < -0.3 is 14.4 Å². The van der Waals surface area contributed by atoms with Gasteiger partial charge in [-0.2, -0.15) is 0 Å². The molecular weight excluding hydrogens is 426 g/mol. The van der Waals surface area contributed by atoms with E-state index in [0.29, 0.717) is 31.8 Å². The summed E-state index contributed by atoms with van der Waals surface area (Å²) in [5, 5.41) is 0. The molecule has 0 aromatic heterocycles. The molecular formula is C28H37N3O3. The molecule has 6 heteroatoms. The Bertz CT molecular complexity index is 982. The van der Waals surface area contributed by atoms with Gasteiger partial charge in [0, 0.05) is 31.7 Å². The van der Waals surface area contributed by atoms with Gasteiger partial charge in [-0.05, 0) is 56.0 Å². The van der Waals surface area contributed by atoms with E-state index in [4.69, 9.17) is 9.47 Å². The number of ether oxygens (including phenoxy) is 2. The van der Waals surface area contributed by atoms with Crippen molar-refractivity contribution >= 4 is 5.91 Å². The zero-order valence-corrected chi connectivity index (χ0v) is 20.5. The summed E-state index contributed by atoms with van der Waals surface area (Å²) < 4.78 is 11.5. The number of likely N-dealkylation sites (tertiary alicyclic amines) is 2. The van der Waals surface area contributed by atoms with Gasteiger partial charge in [0.05, 0.1) is 12.6 Å². The van der Waals surface area contributed by atoms with Crippen molar-refractivity contribution in [2.24, 2.45) is 0 Å². The zero-order chi connectivity index (χ0) is 23.5. The second-order valence-corrected chi connectivity index (χ2v) is 9.74. The number of likely N-dealkylation sites (N-methyl/N-ethyl adjacent to an activating group) is 1. The number of carbonyl (C=O) groups excluding carboxylic acids is 1. The summed E-state index contributed by atoms with van der Waals surface area (Å²) in [6.45, 7) is 9.96. The fourth-order valence-corrected chi connectivity index (χ4v) is 5.80. The van der Waals surface area contributed by atoms with Crippen molar-refractivity contribution < 1.29 is 14.3 Å². The fourth-order valence-electron chi connectivity index (χ4n) is 5.80. The molecule has 1 amide bonds. The number of hydrogen-bond acceptors (Lipinski definition) is 5. The molecule has 2 aromatic carbocycles. The van der Waals surface area contributed by atoms with E-state index in [1.807, 2.05) is 6.07 Å². The van der Waals surface area contributed by atoms with Crippen LogP contribution in [0.25, 0.3) is 0 Å². The zero-order valence-electron chi connectivity index (χ0n) is 20.5. The van der Waals surface area contributed by atoms with Gasteiger partial charge in [-0.15, -0.1) is 0 Å². The minimum absolute atomic E-state index is 0.125. The number of carbonyl (C=O) groups is 1. The molecule has 182 valence electrons. The first-order valence-electron chi connectivity index (χ1n) is 12.9. The van der Waals surface area contributed by atoms with E-state index in [9.17, 15) is 4.79 Å². The summed E-state index contributed by atoms with van der Waals surface area (Å²) in [6.07, 6.45) is 3.16. The molecule has 0 N–H and O–H groups in total. The maximum Gasteiger partial charge on any atom is 0.237 e. The highest BCUT2D eigenvalue weighted by atomic mass is 16.6. The minimum Gasteiger partial charge on any atom is -0.486 e. The number of fused-ring (bicyclic) bond motifs is 1. The highest BCUT2D eigenvalue weighted by Crippen LogP contribution is 2.38. The summed E-state index contributed by atoms with van der Waals surface area (Å²) in [5.41, 5.74) is 2.52. The molecule has 3 heterocycles. The molecule has 2 aromatic rings. The topological polar surface area (TPSA) is 45.3 Å². The van der Waals surface area contributed by atoms with Crippen molar-refractivity contribution in [1.29, 1.82) is 0 Å². The lowest BCUT2D eigenvalue weighted by Crippen LogP contribution is -2.45. The molecule has 0 aliphatic carbocycles. The first kappa shape index (κ1) is 23.2. The van der Waals surface area contributed by atoms with Gasteiger partial charge in [-0.25, -0.2) is 0 Å². The van der Waals surface area contributed by atoms with Crippen molar-refractivity contribution in [2.45, 2.75) is 51.2 Å². The third kappa shape index (κ3) is 4.80. The summed E-state index contributed by atoms with van der Waals surface area (Å²) in [4.78, 5) is 20.5. The lowest BCUT2D eigenvalue weighted by molar-refractivity contribution is -0.133. The van der Waals surface area contributed by atoms with Gasteiger partial charge >= 0.3 is 0 Å². The van der Waals surface area contributed by atoms with Crippen LogP contribution in [0, 0.1) is 0 Å². The summed E-state index contributed by atoms with van der Waals surface area (Å²) >= 11 is 0. The van der Waals surface area contributed by atoms with Crippen molar-refractivity contribution in [2.75, 3.05) is 45.9 Å². The third-order valence-electron chi connectivity index (χ3n) is 7.81. The van der Waals surface area contributed by atoms with Gasteiger partial charge in [-0.1, -0.05) is 43.3 Å². The Labute approximate surface area is 203 Å². The van der Waals surface area contributed by atoms with Gasteiger partial charge in [0.2, 0.25) is 5.91 Å². The van der Waals surface area contributed by atoms with Crippen molar-refractivity contribution in [3.05, 3.63) is 59.7 Å². The maximum absolute atomic E-state index is 13.5. The van der Waals surface area contributed by atoms with E-state index in [0.717, 1.165) is 62.5 Å². The minimum atomic E-state index is 0.125. The number of hydrogen-bond donors (Lipinski definition) is 0. The van der Waals surface area contributed by atoms with Crippen LogP contribution in [-0.4, -0.2) is 72.6 Å². The molecule has 0 bridgehead atoms. The SMILES string of the molecule is CCN(CC(=O)N1CCCC1c1ccc2c(c1)OCCO2)C1CCN(C(C)c2ccccc2)C1. The Balaban J connectivity index is 1.22. The Morgan fingerprint density at radius 2 is 1.85 bits per heavy atom. The molecule has 5 rings (SSSR count). The fraction of sp³-hybridized carbons (Fsp3) is 0.536.